The van der Waals surface area contributed by atoms with Gasteiger partial charge >= 0.3 is 0 Å². The predicted molar refractivity (Wildman–Crippen MR) is 82.5 cm³/mol. The Balaban J connectivity index is 1.89. The highest BCUT2D eigenvalue weighted by Crippen LogP contribution is 2.24. The van der Waals surface area contributed by atoms with Gasteiger partial charge in [0, 0.05) is 24.3 Å². The summed E-state index contributed by atoms with van der Waals surface area (Å²) in [5, 5.41) is 0. The normalized spacial score (nSPS) is 14.6. The van der Waals surface area contributed by atoms with Gasteiger partial charge in [-0.1, -0.05) is 36.4 Å². The molecule has 0 N–H and O–H groups in total. The van der Waals surface area contributed by atoms with Crippen molar-refractivity contribution in [3.05, 3.63) is 65.2 Å². The Hall–Kier alpha value is -2.09. The average Bonchev–Trinajstić information content (AvgIpc) is 2.70. The van der Waals surface area contributed by atoms with Crippen LogP contribution >= 0.6 is 0 Å². The van der Waals surface area contributed by atoms with E-state index in [0.29, 0.717) is 0 Å². The van der Waals surface area contributed by atoms with E-state index in [4.69, 9.17) is 0 Å². The van der Waals surface area contributed by atoms with Gasteiger partial charge < -0.3 is 4.90 Å². The number of rotatable bonds is 2. The third-order valence-electron chi connectivity index (χ3n) is 4.04. The zero-order chi connectivity index (χ0) is 13.9. The van der Waals surface area contributed by atoms with Crippen LogP contribution in [0.25, 0.3) is 0 Å². The average molecular weight is 265 g/mol. The van der Waals surface area contributed by atoms with E-state index in [-0.39, 0.29) is 5.78 Å². The predicted octanol–water partition coefficient (Wildman–Crippen LogP) is 3.49. The van der Waals surface area contributed by atoms with Crippen molar-refractivity contribution in [3.63, 3.8) is 0 Å². The smallest absolute Gasteiger partial charge is 0.161 e. The van der Waals surface area contributed by atoms with Crippen LogP contribution < -0.4 is 4.90 Å². The first-order chi connectivity index (χ1) is 9.75. The molecule has 0 fully saturated rings. The van der Waals surface area contributed by atoms with Crippen LogP contribution in [0.3, 0.4) is 0 Å². The van der Waals surface area contributed by atoms with Gasteiger partial charge in [0.1, 0.15) is 0 Å². The van der Waals surface area contributed by atoms with Crippen molar-refractivity contribution in [2.75, 3.05) is 18.0 Å². The van der Waals surface area contributed by atoms with Gasteiger partial charge in [-0.15, -0.1) is 0 Å². The lowest BCUT2D eigenvalue weighted by atomic mass is 10.0. The van der Waals surface area contributed by atoms with E-state index in [0.717, 1.165) is 37.2 Å². The molecule has 0 saturated heterocycles. The second kappa shape index (κ2) is 5.49. The fraction of sp³-hybridized carbons (Fsp3) is 0.278. The standard InChI is InChI=1S/C18H19NO/c1-14(20)17-8-4-5-9-18(17)19-12-10-15-6-2-3-7-16(15)11-13-19/h2-9H,10-13H2,1H3. The lowest BCUT2D eigenvalue weighted by Crippen LogP contribution is -2.27. The van der Waals surface area contributed by atoms with Gasteiger partial charge in [-0.05, 0) is 43.0 Å². The van der Waals surface area contributed by atoms with Crippen molar-refractivity contribution in [1.29, 1.82) is 0 Å². The number of carbonyl (C=O) groups is 1. The molecular weight excluding hydrogens is 246 g/mol. The highest BCUT2D eigenvalue weighted by Gasteiger charge is 2.17. The highest BCUT2D eigenvalue weighted by atomic mass is 16.1. The maximum atomic E-state index is 11.8. The van der Waals surface area contributed by atoms with Crippen molar-refractivity contribution in [1.82, 2.24) is 0 Å². The summed E-state index contributed by atoms with van der Waals surface area (Å²) in [5.41, 5.74) is 4.79. The monoisotopic (exact) mass is 265 g/mol. The van der Waals surface area contributed by atoms with E-state index < -0.39 is 0 Å². The summed E-state index contributed by atoms with van der Waals surface area (Å²) < 4.78 is 0. The van der Waals surface area contributed by atoms with E-state index in [2.05, 4.69) is 35.2 Å². The highest BCUT2D eigenvalue weighted by molar-refractivity contribution is 5.99. The topological polar surface area (TPSA) is 20.3 Å². The van der Waals surface area contributed by atoms with Crippen molar-refractivity contribution in [2.24, 2.45) is 0 Å². The van der Waals surface area contributed by atoms with E-state index in [1.165, 1.54) is 11.1 Å². The van der Waals surface area contributed by atoms with E-state index in [1.807, 2.05) is 18.2 Å². The number of fused-ring (bicyclic) bond motifs is 1. The molecule has 0 aliphatic carbocycles. The number of anilines is 1. The minimum atomic E-state index is 0.141. The molecular formula is C18H19NO. The first-order valence-electron chi connectivity index (χ1n) is 7.17. The molecule has 0 atom stereocenters. The summed E-state index contributed by atoms with van der Waals surface area (Å²) in [7, 11) is 0. The number of Topliss-reactive ketones (excluding diaryl/α,β-unsaturated/α-hetero) is 1. The van der Waals surface area contributed by atoms with E-state index in [1.54, 1.807) is 6.92 Å². The molecule has 1 heterocycles. The van der Waals surface area contributed by atoms with Gasteiger partial charge in [0.15, 0.2) is 5.78 Å². The van der Waals surface area contributed by atoms with Gasteiger partial charge in [0.2, 0.25) is 0 Å². The zero-order valence-electron chi connectivity index (χ0n) is 11.8. The minimum absolute atomic E-state index is 0.141. The quantitative estimate of drug-likeness (QED) is 0.775. The molecule has 102 valence electrons. The largest absolute Gasteiger partial charge is 0.370 e. The van der Waals surface area contributed by atoms with Crippen molar-refractivity contribution >= 4 is 11.5 Å². The molecule has 0 amide bonds. The molecule has 3 rings (SSSR count). The van der Waals surface area contributed by atoms with Gasteiger partial charge in [-0.2, -0.15) is 0 Å². The first-order valence-corrected chi connectivity index (χ1v) is 7.17. The van der Waals surface area contributed by atoms with Crippen molar-refractivity contribution in [2.45, 2.75) is 19.8 Å². The Morgan fingerprint density at radius 2 is 1.45 bits per heavy atom. The summed E-state index contributed by atoms with van der Waals surface area (Å²) in [6.07, 6.45) is 2.09. The molecule has 0 saturated carbocycles. The van der Waals surface area contributed by atoms with Gasteiger partial charge in [0.25, 0.3) is 0 Å². The van der Waals surface area contributed by atoms with Crippen LogP contribution in [-0.4, -0.2) is 18.9 Å². The molecule has 0 radical (unpaired) electrons. The van der Waals surface area contributed by atoms with Gasteiger partial charge in [-0.3, -0.25) is 4.79 Å². The summed E-state index contributed by atoms with van der Waals surface area (Å²) >= 11 is 0. The molecule has 0 spiro atoms. The summed E-state index contributed by atoms with van der Waals surface area (Å²) in [6.45, 7) is 3.59. The minimum Gasteiger partial charge on any atom is -0.370 e. The SMILES string of the molecule is CC(=O)c1ccccc1N1CCc2ccccc2CC1. The molecule has 2 nitrogen and oxygen atoms in total. The zero-order valence-corrected chi connectivity index (χ0v) is 11.8. The van der Waals surface area contributed by atoms with Crippen LogP contribution in [0.2, 0.25) is 0 Å². The van der Waals surface area contributed by atoms with Gasteiger partial charge in [-0.25, -0.2) is 0 Å². The third kappa shape index (κ3) is 2.46. The second-order valence-electron chi connectivity index (χ2n) is 5.33. The molecule has 2 aromatic carbocycles. The van der Waals surface area contributed by atoms with Crippen LogP contribution in [0.4, 0.5) is 5.69 Å². The number of hydrogen-bond acceptors (Lipinski definition) is 2. The van der Waals surface area contributed by atoms with Crippen LogP contribution in [0.5, 0.6) is 0 Å². The van der Waals surface area contributed by atoms with Gasteiger partial charge in [0.05, 0.1) is 0 Å². The number of ketones is 1. The fourth-order valence-corrected chi connectivity index (χ4v) is 2.96. The van der Waals surface area contributed by atoms with Crippen molar-refractivity contribution in [3.8, 4) is 0 Å². The van der Waals surface area contributed by atoms with Crippen LogP contribution in [0.15, 0.2) is 48.5 Å². The summed E-state index contributed by atoms with van der Waals surface area (Å²) in [5.74, 6) is 0.141. The molecule has 0 bridgehead atoms. The molecule has 1 aliphatic rings. The molecule has 1 aliphatic heterocycles. The Bertz CT molecular complexity index is 606. The first kappa shape index (κ1) is 12.9. The van der Waals surface area contributed by atoms with Crippen LogP contribution in [-0.2, 0) is 12.8 Å². The molecule has 2 aromatic rings. The molecule has 0 aromatic heterocycles. The Morgan fingerprint density at radius 1 is 0.900 bits per heavy atom. The Morgan fingerprint density at radius 3 is 2.05 bits per heavy atom. The molecule has 0 unspecified atom stereocenters. The maximum Gasteiger partial charge on any atom is 0.161 e. The lowest BCUT2D eigenvalue weighted by molar-refractivity contribution is 0.101. The van der Waals surface area contributed by atoms with E-state index in [9.17, 15) is 4.79 Å². The fourth-order valence-electron chi connectivity index (χ4n) is 2.96. The second-order valence-corrected chi connectivity index (χ2v) is 5.33. The molecule has 2 heteroatoms. The number of para-hydroxylation sites is 1. The number of nitrogens with zero attached hydrogens (tertiary/aromatic N) is 1. The van der Waals surface area contributed by atoms with Crippen molar-refractivity contribution < 1.29 is 4.79 Å². The Kier molecular flexibility index (Phi) is 3.55. The summed E-state index contributed by atoms with van der Waals surface area (Å²) in [6, 6.07) is 16.6. The van der Waals surface area contributed by atoms with E-state index >= 15 is 0 Å². The van der Waals surface area contributed by atoms with Crippen LogP contribution in [0.1, 0.15) is 28.4 Å². The number of carbonyl (C=O) groups excluding carboxylic acids is 1. The molecule has 20 heavy (non-hydrogen) atoms. The lowest BCUT2D eigenvalue weighted by Gasteiger charge is -2.24. The van der Waals surface area contributed by atoms with Crippen LogP contribution in [0, 0.1) is 0 Å². The summed E-state index contributed by atoms with van der Waals surface area (Å²) in [4.78, 5) is 14.1. The maximum absolute atomic E-state index is 11.8. The number of benzene rings is 2. The third-order valence-corrected chi connectivity index (χ3v) is 4.04. The number of hydrogen-bond donors (Lipinski definition) is 0. The Labute approximate surface area is 120 Å².